The first-order valence-corrected chi connectivity index (χ1v) is 6.22. The quantitative estimate of drug-likeness (QED) is 0.777. The molecule has 1 unspecified atom stereocenters. The Morgan fingerprint density at radius 1 is 1.36 bits per heavy atom. The van der Waals surface area contributed by atoms with Gasteiger partial charge in [-0.3, -0.25) is 0 Å². The van der Waals surface area contributed by atoms with Gasteiger partial charge in [-0.2, -0.15) is 0 Å². The highest BCUT2D eigenvalue weighted by atomic mass is 32.2. The maximum absolute atomic E-state index is 13.0. The van der Waals surface area contributed by atoms with Crippen molar-refractivity contribution >= 4 is 10.0 Å². The Hall–Kier alpha value is -0.230. The van der Waals surface area contributed by atoms with Crippen LogP contribution >= 0.6 is 0 Å². The minimum Gasteiger partial charge on any atom is -0.229 e. The lowest BCUT2D eigenvalue weighted by Gasteiger charge is -2.37. The Morgan fingerprint density at radius 3 is 2.36 bits per heavy atom. The lowest BCUT2D eigenvalue weighted by atomic mass is 9.75. The van der Waals surface area contributed by atoms with Crippen molar-refractivity contribution in [3.63, 3.8) is 0 Å². The van der Waals surface area contributed by atoms with Crippen molar-refractivity contribution in [1.29, 1.82) is 0 Å². The van der Waals surface area contributed by atoms with E-state index in [9.17, 15) is 17.2 Å². The number of alkyl halides is 2. The third kappa shape index (κ3) is 3.49. The first-order chi connectivity index (χ1) is 6.12. The fourth-order valence-electron chi connectivity index (χ4n) is 2.18. The van der Waals surface area contributed by atoms with E-state index in [1.165, 1.54) is 0 Å². The molecule has 84 valence electrons. The van der Waals surface area contributed by atoms with E-state index in [1.807, 2.05) is 0 Å². The first-order valence-electron chi connectivity index (χ1n) is 4.50. The minimum absolute atomic E-state index is 0.146. The Kier molecular flexibility index (Phi) is 2.89. The molecule has 0 aromatic heterocycles. The van der Waals surface area contributed by atoms with E-state index in [0.717, 1.165) is 0 Å². The molecular weight excluding hydrogens is 212 g/mol. The third-order valence-corrected chi connectivity index (χ3v) is 3.66. The van der Waals surface area contributed by atoms with Crippen LogP contribution in [0.15, 0.2) is 0 Å². The highest BCUT2D eigenvalue weighted by molar-refractivity contribution is 7.89. The second kappa shape index (κ2) is 3.41. The first kappa shape index (κ1) is 11.8. The third-order valence-electron chi connectivity index (χ3n) is 2.56. The van der Waals surface area contributed by atoms with Crippen molar-refractivity contribution in [2.45, 2.75) is 38.5 Å². The van der Waals surface area contributed by atoms with E-state index < -0.39 is 21.4 Å². The zero-order valence-electron chi connectivity index (χ0n) is 8.09. The van der Waals surface area contributed by atoms with E-state index in [4.69, 9.17) is 5.14 Å². The predicted octanol–water partition coefficient (Wildman–Crippen LogP) is 1.49. The summed E-state index contributed by atoms with van der Waals surface area (Å²) >= 11 is 0. The molecule has 0 spiro atoms. The number of sulfonamides is 1. The molecule has 2 N–H and O–H groups in total. The summed E-state index contributed by atoms with van der Waals surface area (Å²) in [5, 5.41) is 4.87. The largest absolute Gasteiger partial charge is 0.248 e. The lowest BCUT2D eigenvalue weighted by Crippen LogP contribution is -2.39. The van der Waals surface area contributed by atoms with E-state index in [2.05, 4.69) is 0 Å². The van der Waals surface area contributed by atoms with Gasteiger partial charge in [0.15, 0.2) is 0 Å². The van der Waals surface area contributed by atoms with Gasteiger partial charge < -0.3 is 0 Å². The Labute approximate surface area is 82.7 Å². The molecule has 0 heterocycles. The van der Waals surface area contributed by atoms with Crippen molar-refractivity contribution in [2.75, 3.05) is 5.75 Å². The standard InChI is InChI=1S/C8H15F2NO2S/c1-7(6-14(11,12)13)3-2-4-8(9,10)5-7/h2-6H2,1H3,(H2,11,12,13). The number of hydrogen-bond acceptors (Lipinski definition) is 2. The summed E-state index contributed by atoms with van der Waals surface area (Å²) in [4.78, 5) is 0. The Morgan fingerprint density at radius 2 is 1.93 bits per heavy atom. The number of rotatable bonds is 2. The molecule has 0 amide bonds. The fourth-order valence-corrected chi connectivity index (χ4v) is 3.40. The van der Waals surface area contributed by atoms with Gasteiger partial charge in [-0.25, -0.2) is 22.3 Å². The minimum atomic E-state index is -3.67. The maximum atomic E-state index is 13.0. The molecule has 0 radical (unpaired) electrons. The molecule has 0 aromatic carbocycles. The monoisotopic (exact) mass is 227 g/mol. The average Bonchev–Trinajstić information content (AvgIpc) is 1.75. The molecule has 1 fully saturated rings. The molecule has 1 rings (SSSR count). The van der Waals surface area contributed by atoms with Crippen molar-refractivity contribution in [3.05, 3.63) is 0 Å². The topological polar surface area (TPSA) is 60.2 Å². The van der Waals surface area contributed by atoms with Crippen LogP contribution in [0.3, 0.4) is 0 Å². The summed E-state index contributed by atoms with van der Waals surface area (Å²) in [7, 11) is -3.67. The van der Waals surface area contributed by atoms with Crippen LogP contribution in [-0.4, -0.2) is 20.1 Å². The molecule has 3 nitrogen and oxygen atoms in total. The summed E-state index contributed by atoms with van der Waals surface area (Å²) < 4.78 is 47.8. The van der Waals surface area contributed by atoms with Gasteiger partial charge in [-0.05, 0) is 18.3 Å². The van der Waals surface area contributed by atoms with E-state index >= 15 is 0 Å². The highest BCUT2D eigenvalue weighted by Crippen LogP contribution is 2.44. The molecule has 0 aromatic rings. The molecule has 6 heteroatoms. The average molecular weight is 227 g/mol. The molecule has 1 atom stereocenters. The van der Waals surface area contributed by atoms with Crippen LogP contribution in [-0.2, 0) is 10.0 Å². The predicted molar refractivity (Wildman–Crippen MR) is 49.5 cm³/mol. The van der Waals surface area contributed by atoms with Gasteiger partial charge in [0.1, 0.15) is 0 Å². The SMILES string of the molecule is CC1(CS(N)(=O)=O)CCCC(F)(F)C1. The zero-order chi connectivity index (χ0) is 11.0. The van der Waals surface area contributed by atoms with Crippen molar-refractivity contribution in [1.82, 2.24) is 0 Å². The van der Waals surface area contributed by atoms with Gasteiger partial charge in [0.05, 0.1) is 5.75 Å². The van der Waals surface area contributed by atoms with E-state index in [0.29, 0.717) is 12.8 Å². The summed E-state index contributed by atoms with van der Waals surface area (Å²) in [6.45, 7) is 1.56. The van der Waals surface area contributed by atoms with Crippen LogP contribution < -0.4 is 5.14 Å². The second-order valence-corrected chi connectivity index (χ2v) is 6.12. The number of halogens is 2. The Balaban J connectivity index is 2.75. The van der Waals surface area contributed by atoms with Crippen LogP contribution in [0.5, 0.6) is 0 Å². The van der Waals surface area contributed by atoms with Gasteiger partial charge in [-0.15, -0.1) is 0 Å². The smallest absolute Gasteiger partial charge is 0.229 e. The van der Waals surface area contributed by atoms with Gasteiger partial charge in [0.2, 0.25) is 15.9 Å². The van der Waals surface area contributed by atoms with Gasteiger partial charge >= 0.3 is 0 Å². The summed E-state index contributed by atoms with van der Waals surface area (Å²) in [6, 6.07) is 0. The molecular formula is C8H15F2NO2S. The van der Waals surface area contributed by atoms with Crippen molar-refractivity contribution in [2.24, 2.45) is 10.6 Å². The number of nitrogens with two attached hydrogens (primary N) is 1. The van der Waals surface area contributed by atoms with Crippen LogP contribution in [0.1, 0.15) is 32.6 Å². The van der Waals surface area contributed by atoms with Crippen LogP contribution in [0.2, 0.25) is 0 Å². The van der Waals surface area contributed by atoms with Crippen LogP contribution in [0.4, 0.5) is 8.78 Å². The molecule has 1 aliphatic carbocycles. The normalized spacial score (nSPS) is 32.9. The number of hydrogen-bond donors (Lipinski definition) is 1. The van der Waals surface area contributed by atoms with E-state index in [1.54, 1.807) is 6.92 Å². The molecule has 0 bridgehead atoms. The fraction of sp³-hybridized carbons (Fsp3) is 1.00. The zero-order valence-corrected chi connectivity index (χ0v) is 8.91. The Bertz CT molecular complexity index is 315. The summed E-state index contributed by atoms with van der Waals surface area (Å²) in [5.74, 6) is -3.09. The van der Waals surface area contributed by atoms with Crippen molar-refractivity contribution in [3.8, 4) is 0 Å². The van der Waals surface area contributed by atoms with Crippen molar-refractivity contribution < 1.29 is 17.2 Å². The molecule has 0 saturated heterocycles. The molecule has 14 heavy (non-hydrogen) atoms. The van der Waals surface area contributed by atoms with Crippen LogP contribution in [0.25, 0.3) is 0 Å². The van der Waals surface area contributed by atoms with Gasteiger partial charge in [0, 0.05) is 12.8 Å². The molecule has 1 saturated carbocycles. The molecule has 0 aliphatic heterocycles. The van der Waals surface area contributed by atoms with Crippen LogP contribution in [0, 0.1) is 5.41 Å². The maximum Gasteiger partial charge on any atom is 0.248 e. The van der Waals surface area contributed by atoms with E-state index in [-0.39, 0.29) is 18.6 Å². The lowest BCUT2D eigenvalue weighted by molar-refractivity contribution is -0.0718. The van der Waals surface area contributed by atoms with Gasteiger partial charge in [0.25, 0.3) is 0 Å². The second-order valence-electron chi connectivity index (χ2n) is 4.50. The number of primary sulfonamides is 1. The van der Waals surface area contributed by atoms with Gasteiger partial charge in [-0.1, -0.05) is 6.92 Å². The summed E-state index contributed by atoms with van der Waals surface area (Å²) in [5.41, 5.74) is -0.866. The molecule has 1 aliphatic rings. The highest BCUT2D eigenvalue weighted by Gasteiger charge is 2.44. The summed E-state index contributed by atoms with van der Waals surface area (Å²) in [6.07, 6.45) is 0.335.